The van der Waals surface area contributed by atoms with Crippen molar-refractivity contribution in [1.29, 1.82) is 0 Å². The first-order valence-electron chi connectivity index (χ1n) is 11.3. The van der Waals surface area contributed by atoms with E-state index in [0.717, 1.165) is 34.4 Å². The largest absolute Gasteiger partial charge is 0.493 e. The van der Waals surface area contributed by atoms with E-state index >= 15 is 0 Å². The number of hydrazone groups is 1. The van der Waals surface area contributed by atoms with Crippen LogP contribution in [0, 0.1) is 11.3 Å². The maximum Gasteiger partial charge on any atom is 0.203 e. The van der Waals surface area contributed by atoms with Gasteiger partial charge in [-0.1, -0.05) is 27.2 Å². The molecule has 0 amide bonds. The van der Waals surface area contributed by atoms with Crippen LogP contribution in [0.15, 0.2) is 23.6 Å². The molecule has 8 heteroatoms. The molecule has 7 nitrogen and oxygen atoms in total. The number of aryl methyl sites for hydroxylation is 1. The molecule has 3 aromatic rings. The van der Waals surface area contributed by atoms with Gasteiger partial charge in [0.1, 0.15) is 11.2 Å². The molecular weight excluding hydrogens is 436 g/mol. The van der Waals surface area contributed by atoms with Crippen LogP contribution in [-0.2, 0) is 12.8 Å². The van der Waals surface area contributed by atoms with Crippen LogP contribution in [0.1, 0.15) is 49.6 Å². The van der Waals surface area contributed by atoms with Crippen LogP contribution < -0.4 is 19.6 Å². The van der Waals surface area contributed by atoms with Crippen molar-refractivity contribution in [3.8, 4) is 17.2 Å². The van der Waals surface area contributed by atoms with Crippen LogP contribution >= 0.6 is 11.3 Å². The Balaban J connectivity index is 1.63. The average Bonchev–Trinajstić information content (AvgIpc) is 3.22. The van der Waals surface area contributed by atoms with E-state index in [9.17, 15) is 0 Å². The average molecular weight is 469 g/mol. The van der Waals surface area contributed by atoms with E-state index in [-0.39, 0.29) is 0 Å². The molecule has 2 aromatic heterocycles. The third-order valence-electron chi connectivity index (χ3n) is 6.93. The first kappa shape index (κ1) is 23.3. The van der Waals surface area contributed by atoms with Crippen molar-refractivity contribution in [2.45, 2.75) is 46.5 Å². The Morgan fingerprint density at radius 2 is 1.88 bits per heavy atom. The molecule has 0 fully saturated rings. The van der Waals surface area contributed by atoms with Crippen molar-refractivity contribution in [3.05, 3.63) is 34.5 Å². The molecule has 0 spiro atoms. The summed E-state index contributed by atoms with van der Waals surface area (Å²) in [6.07, 6.45) is 7.91. The molecule has 0 radical (unpaired) electrons. The van der Waals surface area contributed by atoms with Gasteiger partial charge in [0.05, 0.1) is 32.9 Å². The van der Waals surface area contributed by atoms with Gasteiger partial charge in [-0.15, -0.1) is 11.3 Å². The number of methoxy groups -OCH3 is 3. The van der Waals surface area contributed by atoms with Crippen LogP contribution in [-0.4, -0.2) is 37.5 Å². The highest BCUT2D eigenvalue weighted by Gasteiger charge is 2.33. The van der Waals surface area contributed by atoms with Gasteiger partial charge in [0.2, 0.25) is 5.75 Å². The number of nitrogens with one attached hydrogen (secondary N) is 1. The smallest absolute Gasteiger partial charge is 0.203 e. The summed E-state index contributed by atoms with van der Waals surface area (Å²) < 4.78 is 16.3. The number of anilines is 1. The molecule has 33 heavy (non-hydrogen) atoms. The lowest BCUT2D eigenvalue weighted by Crippen LogP contribution is -2.28. The second-order valence-corrected chi connectivity index (χ2v) is 10.1. The van der Waals surface area contributed by atoms with E-state index < -0.39 is 0 Å². The van der Waals surface area contributed by atoms with Crippen molar-refractivity contribution in [2.24, 2.45) is 16.4 Å². The van der Waals surface area contributed by atoms with E-state index in [4.69, 9.17) is 14.2 Å². The second kappa shape index (κ2) is 9.55. The summed E-state index contributed by atoms with van der Waals surface area (Å²) in [5.74, 6) is 3.12. The SMILES string of the molecule is CCC(C)(C)[C@@H]1CCc2sc3ncnc(N/N=C\c4cc(OC)c(OC)c(OC)c4)c3c2C1. The Labute approximate surface area is 199 Å². The standard InChI is InChI=1S/C25H32N4O3S/c1-7-25(2,3)16-8-9-20-17(12-16)21-23(26-14-27-24(21)33-20)29-28-13-15-10-18(30-4)22(32-6)19(11-15)31-5/h10-11,13-14,16H,7-9,12H2,1-6H3,(H,26,27,29)/b28-13-/t16-/m1/s1. The molecule has 176 valence electrons. The van der Waals surface area contributed by atoms with Gasteiger partial charge in [-0.2, -0.15) is 5.10 Å². The van der Waals surface area contributed by atoms with Crippen LogP contribution in [0.3, 0.4) is 0 Å². The number of aromatic nitrogens is 2. The lowest BCUT2D eigenvalue weighted by Gasteiger charge is -2.36. The molecule has 1 aromatic carbocycles. The zero-order valence-corrected chi connectivity index (χ0v) is 21.0. The molecule has 0 saturated heterocycles. The summed E-state index contributed by atoms with van der Waals surface area (Å²) in [5.41, 5.74) is 5.68. The van der Waals surface area contributed by atoms with Crippen LogP contribution in [0.4, 0.5) is 5.82 Å². The lowest BCUT2D eigenvalue weighted by atomic mass is 9.69. The molecule has 1 atom stereocenters. The highest BCUT2D eigenvalue weighted by molar-refractivity contribution is 7.19. The van der Waals surface area contributed by atoms with Crippen LogP contribution in [0.5, 0.6) is 17.2 Å². The zero-order chi connectivity index (χ0) is 23.6. The van der Waals surface area contributed by atoms with Gasteiger partial charge < -0.3 is 14.2 Å². The minimum atomic E-state index is 0.319. The predicted molar refractivity (Wildman–Crippen MR) is 134 cm³/mol. The van der Waals surface area contributed by atoms with Crippen LogP contribution in [0.25, 0.3) is 10.2 Å². The molecule has 1 aliphatic carbocycles. The number of benzene rings is 1. The molecular formula is C25H32N4O3S. The Kier molecular flexibility index (Phi) is 6.74. The number of fused-ring (bicyclic) bond motifs is 3. The molecule has 1 aliphatic rings. The highest BCUT2D eigenvalue weighted by Crippen LogP contribution is 2.45. The van der Waals surface area contributed by atoms with E-state index in [2.05, 4.69) is 41.3 Å². The lowest BCUT2D eigenvalue weighted by molar-refractivity contribution is 0.184. The van der Waals surface area contributed by atoms with Crippen molar-refractivity contribution in [3.63, 3.8) is 0 Å². The summed E-state index contributed by atoms with van der Waals surface area (Å²) in [6, 6.07) is 3.71. The number of hydrogen-bond donors (Lipinski definition) is 1. The summed E-state index contributed by atoms with van der Waals surface area (Å²) in [5, 5.41) is 5.58. The van der Waals surface area contributed by atoms with Crippen molar-refractivity contribution in [2.75, 3.05) is 26.8 Å². The summed E-state index contributed by atoms with van der Waals surface area (Å²) >= 11 is 1.79. The van der Waals surface area contributed by atoms with Crippen molar-refractivity contribution < 1.29 is 14.2 Å². The van der Waals surface area contributed by atoms with Gasteiger partial charge in [-0.3, -0.25) is 5.43 Å². The Hall–Kier alpha value is -2.87. The third kappa shape index (κ3) is 4.49. The minimum absolute atomic E-state index is 0.319. The van der Waals surface area contributed by atoms with Gasteiger partial charge in [0.25, 0.3) is 0 Å². The first-order chi connectivity index (χ1) is 15.9. The van der Waals surface area contributed by atoms with Crippen molar-refractivity contribution >= 4 is 33.6 Å². The number of hydrogen-bond acceptors (Lipinski definition) is 8. The van der Waals surface area contributed by atoms with Gasteiger partial charge in [0.15, 0.2) is 17.3 Å². The molecule has 0 bridgehead atoms. The first-order valence-corrected chi connectivity index (χ1v) is 12.1. The number of nitrogens with zero attached hydrogens (tertiary/aromatic N) is 3. The van der Waals surface area contributed by atoms with Gasteiger partial charge in [-0.25, -0.2) is 9.97 Å². The van der Waals surface area contributed by atoms with E-state index in [1.54, 1.807) is 45.2 Å². The fraction of sp³-hybridized carbons (Fsp3) is 0.480. The fourth-order valence-corrected chi connectivity index (χ4v) is 5.68. The van der Waals surface area contributed by atoms with Gasteiger partial charge in [0, 0.05) is 10.4 Å². The summed E-state index contributed by atoms with van der Waals surface area (Å²) in [7, 11) is 4.78. The van der Waals surface area contributed by atoms with Gasteiger partial charge in [-0.05, 0) is 48.3 Å². The van der Waals surface area contributed by atoms with Crippen molar-refractivity contribution in [1.82, 2.24) is 9.97 Å². The molecule has 0 unspecified atom stereocenters. The highest BCUT2D eigenvalue weighted by atomic mass is 32.1. The monoisotopic (exact) mass is 468 g/mol. The van der Waals surface area contributed by atoms with E-state index in [0.29, 0.717) is 28.6 Å². The molecule has 2 heterocycles. The molecule has 4 rings (SSSR count). The quantitative estimate of drug-likeness (QED) is 0.337. The normalized spacial score (nSPS) is 16.1. The third-order valence-corrected chi connectivity index (χ3v) is 8.13. The summed E-state index contributed by atoms with van der Waals surface area (Å²) in [6.45, 7) is 7.05. The molecule has 1 N–H and O–H groups in total. The second-order valence-electron chi connectivity index (χ2n) is 9.02. The maximum atomic E-state index is 5.43. The van der Waals surface area contributed by atoms with Gasteiger partial charge >= 0.3 is 0 Å². The predicted octanol–water partition coefficient (Wildman–Crippen LogP) is 5.70. The number of thiophene rings is 1. The summed E-state index contributed by atoms with van der Waals surface area (Å²) in [4.78, 5) is 11.5. The Bertz CT molecular complexity index is 1150. The fourth-order valence-electron chi connectivity index (χ4n) is 4.49. The zero-order valence-electron chi connectivity index (χ0n) is 20.2. The number of rotatable bonds is 8. The Morgan fingerprint density at radius 1 is 1.15 bits per heavy atom. The Morgan fingerprint density at radius 3 is 2.52 bits per heavy atom. The topological polar surface area (TPSA) is 77.9 Å². The number of ether oxygens (including phenoxy) is 3. The minimum Gasteiger partial charge on any atom is -0.493 e. The maximum absolute atomic E-state index is 5.43. The van der Waals surface area contributed by atoms with Crippen LogP contribution in [0.2, 0.25) is 0 Å². The van der Waals surface area contributed by atoms with E-state index in [1.165, 1.54) is 23.3 Å². The van der Waals surface area contributed by atoms with E-state index in [1.807, 2.05) is 12.1 Å². The molecule has 0 aliphatic heterocycles. The molecule has 0 saturated carbocycles.